The standard InChI is InChI=1S/C15H19ClN2O/c1-3-5-18-6-4-17-15(18)10-14(19)12-7-11(2)8-13(16)9-12/h4,6-9,14,19H,3,5,10H2,1-2H3. The molecule has 1 heterocycles. The molecule has 1 atom stereocenters. The molecule has 0 aliphatic heterocycles. The molecular formula is C15H19ClN2O. The molecule has 0 bridgehead atoms. The summed E-state index contributed by atoms with van der Waals surface area (Å²) in [5, 5.41) is 11.0. The molecule has 0 spiro atoms. The van der Waals surface area contributed by atoms with Gasteiger partial charge in [-0.05, 0) is 36.6 Å². The van der Waals surface area contributed by atoms with Crippen LogP contribution in [0.4, 0.5) is 0 Å². The fourth-order valence-electron chi connectivity index (χ4n) is 2.22. The average molecular weight is 279 g/mol. The quantitative estimate of drug-likeness (QED) is 0.909. The van der Waals surface area contributed by atoms with E-state index in [0.29, 0.717) is 11.4 Å². The Bertz CT molecular complexity index is 531. The van der Waals surface area contributed by atoms with Crippen molar-refractivity contribution in [2.45, 2.75) is 39.3 Å². The van der Waals surface area contributed by atoms with Crippen molar-refractivity contribution in [1.82, 2.24) is 9.55 Å². The Morgan fingerprint density at radius 2 is 2.16 bits per heavy atom. The Labute approximate surface area is 118 Å². The summed E-state index contributed by atoms with van der Waals surface area (Å²) in [6.07, 6.45) is 4.72. The Hall–Kier alpha value is -1.32. The summed E-state index contributed by atoms with van der Waals surface area (Å²) in [5.74, 6) is 0.909. The number of benzene rings is 1. The molecule has 19 heavy (non-hydrogen) atoms. The third-order valence-corrected chi connectivity index (χ3v) is 3.31. The van der Waals surface area contributed by atoms with Gasteiger partial charge in [0.1, 0.15) is 5.82 Å². The molecule has 0 amide bonds. The second kappa shape index (κ2) is 6.22. The number of imidazole rings is 1. The molecule has 0 aliphatic carbocycles. The van der Waals surface area contributed by atoms with Crippen LogP contribution in [-0.2, 0) is 13.0 Å². The minimum atomic E-state index is -0.574. The molecule has 1 N–H and O–H groups in total. The molecular weight excluding hydrogens is 260 g/mol. The normalized spacial score (nSPS) is 12.6. The zero-order valence-corrected chi connectivity index (χ0v) is 12.1. The lowest BCUT2D eigenvalue weighted by Crippen LogP contribution is -2.09. The van der Waals surface area contributed by atoms with E-state index < -0.39 is 6.10 Å². The summed E-state index contributed by atoms with van der Waals surface area (Å²) in [5.41, 5.74) is 1.90. The van der Waals surface area contributed by atoms with E-state index in [0.717, 1.165) is 29.9 Å². The largest absolute Gasteiger partial charge is 0.388 e. The van der Waals surface area contributed by atoms with Crippen LogP contribution in [0.5, 0.6) is 0 Å². The molecule has 1 aromatic carbocycles. The highest BCUT2D eigenvalue weighted by atomic mass is 35.5. The SMILES string of the molecule is CCCn1ccnc1CC(O)c1cc(C)cc(Cl)c1. The number of hydrogen-bond acceptors (Lipinski definition) is 2. The van der Waals surface area contributed by atoms with Crippen LogP contribution in [0.15, 0.2) is 30.6 Å². The van der Waals surface area contributed by atoms with E-state index in [9.17, 15) is 5.11 Å². The van der Waals surface area contributed by atoms with E-state index in [1.807, 2.05) is 31.3 Å². The van der Waals surface area contributed by atoms with Crippen molar-refractivity contribution in [3.63, 3.8) is 0 Å². The fraction of sp³-hybridized carbons (Fsp3) is 0.400. The smallest absolute Gasteiger partial charge is 0.111 e. The lowest BCUT2D eigenvalue weighted by Gasteiger charge is -2.13. The van der Waals surface area contributed by atoms with Gasteiger partial charge >= 0.3 is 0 Å². The average Bonchev–Trinajstić information content (AvgIpc) is 2.76. The molecule has 102 valence electrons. The first-order valence-electron chi connectivity index (χ1n) is 6.55. The number of rotatable bonds is 5. The summed E-state index contributed by atoms with van der Waals surface area (Å²) >= 11 is 6.03. The van der Waals surface area contributed by atoms with Gasteiger partial charge in [0.05, 0.1) is 6.10 Å². The topological polar surface area (TPSA) is 38.0 Å². The summed E-state index contributed by atoms with van der Waals surface area (Å²) < 4.78 is 2.08. The van der Waals surface area contributed by atoms with Crippen molar-refractivity contribution in [2.75, 3.05) is 0 Å². The lowest BCUT2D eigenvalue weighted by molar-refractivity contribution is 0.174. The third kappa shape index (κ3) is 3.58. The molecule has 2 rings (SSSR count). The van der Waals surface area contributed by atoms with Gasteiger partial charge in [-0.3, -0.25) is 0 Å². The summed E-state index contributed by atoms with van der Waals surface area (Å²) in [7, 11) is 0. The lowest BCUT2D eigenvalue weighted by atomic mass is 10.0. The molecule has 3 nitrogen and oxygen atoms in total. The first-order valence-corrected chi connectivity index (χ1v) is 6.93. The maximum atomic E-state index is 10.3. The Balaban J connectivity index is 2.15. The van der Waals surface area contributed by atoms with E-state index in [-0.39, 0.29) is 0 Å². The predicted octanol–water partition coefficient (Wildman–Crippen LogP) is 3.53. The van der Waals surface area contributed by atoms with Gasteiger partial charge in [-0.15, -0.1) is 0 Å². The molecule has 1 aromatic heterocycles. The first kappa shape index (κ1) is 14.1. The summed E-state index contributed by atoms with van der Waals surface area (Å²) in [6.45, 7) is 5.03. The van der Waals surface area contributed by atoms with Gasteiger partial charge in [0.15, 0.2) is 0 Å². The Morgan fingerprint density at radius 3 is 2.84 bits per heavy atom. The van der Waals surface area contributed by atoms with Gasteiger partial charge in [-0.2, -0.15) is 0 Å². The molecule has 0 radical (unpaired) electrons. The zero-order valence-electron chi connectivity index (χ0n) is 11.3. The predicted molar refractivity (Wildman–Crippen MR) is 77.4 cm³/mol. The van der Waals surface area contributed by atoms with E-state index in [2.05, 4.69) is 16.5 Å². The molecule has 0 fully saturated rings. The van der Waals surface area contributed by atoms with Crippen molar-refractivity contribution < 1.29 is 5.11 Å². The summed E-state index contributed by atoms with van der Waals surface area (Å²) in [4.78, 5) is 4.32. The van der Waals surface area contributed by atoms with Gasteiger partial charge in [0.25, 0.3) is 0 Å². The summed E-state index contributed by atoms with van der Waals surface area (Å²) in [6, 6.07) is 5.66. The maximum Gasteiger partial charge on any atom is 0.111 e. The Morgan fingerprint density at radius 1 is 1.37 bits per heavy atom. The molecule has 4 heteroatoms. The maximum absolute atomic E-state index is 10.3. The highest BCUT2D eigenvalue weighted by Gasteiger charge is 2.13. The zero-order chi connectivity index (χ0) is 13.8. The second-order valence-electron chi connectivity index (χ2n) is 4.82. The van der Waals surface area contributed by atoms with Crippen LogP contribution in [0.2, 0.25) is 5.02 Å². The van der Waals surface area contributed by atoms with E-state index >= 15 is 0 Å². The number of aliphatic hydroxyl groups is 1. The molecule has 0 saturated heterocycles. The van der Waals surface area contributed by atoms with Gasteiger partial charge in [0.2, 0.25) is 0 Å². The minimum absolute atomic E-state index is 0.507. The number of aliphatic hydroxyl groups excluding tert-OH is 1. The van der Waals surface area contributed by atoms with Crippen LogP contribution in [0.1, 0.15) is 36.4 Å². The van der Waals surface area contributed by atoms with Crippen LogP contribution in [0.25, 0.3) is 0 Å². The van der Waals surface area contributed by atoms with Crippen molar-refractivity contribution in [3.05, 3.63) is 52.6 Å². The van der Waals surface area contributed by atoms with Crippen LogP contribution in [0.3, 0.4) is 0 Å². The fourth-order valence-corrected chi connectivity index (χ4v) is 2.52. The first-order chi connectivity index (χ1) is 9.10. The van der Waals surface area contributed by atoms with E-state index in [1.54, 1.807) is 6.20 Å². The van der Waals surface area contributed by atoms with Crippen molar-refractivity contribution in [3.8, 4) is 0 Å². The Kier molecular flexibility index (Phi) is 4.61. The number of hydrogen-bond donors (Lipinski definition) is 1. The molecule has 0 aliphatic rings. The van der Waals surface area contributed by atoms with Crippen molar-refractivity contribution in [1.29, 1.82) is 0 Å². The second-order valence-corrected chi connectivity index (χ2v) is 5.26. The third-order valence-electron chi connectivity index (χ3n) is 3.09. The van der Waals surface area contributed by atoms with E-state index in [1.165, 1.54) is 0 Å². The van der Waals surface area contributed by atoms with Crippen LogP contribution >= 0.6 is 11.6 Å². The molecule has 1 unspecified atom stereocenters. The van der Waals surface area contributed by atoms with Crippen LogP contribution in [-0.4, -0.2) is 14.7 Å². The highest BCUT2D eigenvalue weighted by molar-refractivity contribution is 6.30. The van der Waals surface area contributed by atoms with Gasteiger partial charge in [-0.25, -0.2) is 4.98 Å². The molecule has 2 aromatic rings. The van der Waals surface area contributed by atoms with Gasteiger partial charge < -0.3 is 9.67 Å². The monoisotopic (exact) mass is 278 g/mol. The van der Waals surface area contributed by atoms with Gasteiger partial charge in [-0.1, -0.05) is 24.6 Å². The highest BCUT2D eigenvalue weighted by Crippen LogP contribution is 2.23. The van der Waals surface area contributed by atoms with Crippen molar-refractivity contribution >= 4 is 11.6 Å². The van der Waals surface area contributed by atoms with E-state index in [4.69, 9.17) is 11.6 Å². The minimum Gasteiger partial charge on any atom is -0.388 e. The number of nitrogens with zero attached hydrogens (tertiary/aromatic N) is 2. The number of aryl methyl sites for hydroxylation is 2. The van der Waals surface area contributed by atoms with Crippen LogP contribution in [0, 0.1) is 6.92 Å². The van der Waals surface area contributed by atoms with Gasteiger partial charge in [0, 0.05) is 30.4 Å². The van der Waals surface area contributed by atoms with Crippen LogP contribution < -0.4 is 0 Å². The number of aromatic nitrogens is 2. The molecule has 0 saturated carbocycles. The number of halogens is 1. The van der Waals surface area contributed by atoms with Crippen molar-refractivity contribution in [2.24, 2.45) is 0 Å².